The third kappa shape index (κ3) is 2.52. The molecule has 0 amide bonds. The molecule has 0 aromatic heterocycles. The van der Waals surface area contributed by atoms with Crippen molar-refractivity contribution in [2.24, 2.45) is 0 Å². The molecule has 0 aliphatic rings. The van der Waals surface area contributed by atoms with Crippen molar-refractivity contribution in [1.82, 2.24) is 0 Å². The molecule has 1 aromatic rings. The maximum absolute atomic E-state index is 13.3. The first-order chi connectivity index (χ1) is 7.47. The van der Waals surface area contributed by atoms with Gasteiger partial charge in [0, 0.05) is 4.90 Å². The van der Waals surface area contributed by atoms with Crippen molar-refractivity contribution in [3.8, 4) is 0 Å². The maximum atomic E-state index is 13.3. The molecule has 0 heterocycles. The summed E-state index contributed by atoms with van der Waals surface area (Å²) in [5, 5.41) is 17.5. The lowest BCUT2D eigenvalue weighted by Crippen LogP contribution is -2.11. The van der Waals surface area contributed by atoms with Crippen molar-refractivity contribution >= 4 is 23.7 Å². The standard InChI is InChI=1S/C10H9FO4S/c1-16-7-3-2-6(11)9(10(14)15)5(7)4-8(12)13/h2-3H,4H2,1H3,(H,12,13)(H,14,15). The summed E-state index contributed by atoms with van der Waals surface area (Å²) in [6, 6.07) is 2.41. The molecule has 16 heavy (non-hydrogen) atoms. The van der Waals surface area contributed by atoms with Crippen molar-refractivity contribution in [1.29, 1.82) is 0 Å². The van der Waals surface area contributed by atoms with Crippen LogP contribution in [-0.2, 0) is 11.2 Å². The van der Waals surface area contributed by atoms with E-state index in [4.69, 9.17) is 10.2 Å². The summed E-state index contributed by atoms with van der Waals surface area (Å²) in [7, 11) is 0. The molecule has 6 heteroatoms. The Labute approximate surface area is 95.1 Å². The molecule has 1 aromatic carbocycles. The molecule has 0 aliphatic carbocycles. The van der Waals surface area contributed by atoms with Crippen molar-refractivity contribution in [2.75, 3.05) is 6.26 Å². The summed E-state index contributed by atoms with van der Waals surface area (Å²) >= 11 is 1.18. The number of rotatable bonds is 4. The predicted octanol–water partition coefficient (Wildman–Crippen LogP) is 1.87. The molecular weight excluding hydrogens is 235 g/mol. The normalized spacial score (nSPS) is 10.1. The van der Waals surface area contributed by atoms with E-state index < -0.39 is 29.7 Å². The van der Waals surface area contributed by atoms with Crippen molar-refractivity contribution in [3.05, 3.63) is 29.1 Å². The van der Waals surface area contributed by atoms with Crippen molar-refractivity contribution in [3.63, 3.8) is 0 Å². The smallest absolute Gasteiger partial charge is 0.339 e. The van der Waals surface area contributed by atoms with Gasteiger partial charge in [-0.2, -0.15) is 0 Å². The summed E-state index contributed by atoms with van der Waals surface area (Å²) < 4.78 is 13.3. The Morgan fingerprint density at radius 2 is 2.00 bits per heavy atom. The van der Waals surface area contributed by atoms with E-state index in [9.17, 15) is 14.0 Å². The maximum Gasteiger partial charge on any atom is 0.339 e. The number of carbonyl (C=O) groups is 2. The highest BCUT2D eigenvalue weighted by atomic mass is 32.2. The Hall–Kier alpha value is -1.56. The number of aliphatic carboxylic acids is 1. The molecule has 0 unspecified atom stereocenters. The highest BCUT2D eigenvalue weighted by Gasteiger charge is 2.20. The topological polar surface area (TPSA) is 74.6 Å². The number of benzene rings is 1. The first-order valence-corrected chi connectivity index (χ1v) is 5.50. The summed E-state index contributed by atoms with van der Waals surface area (Å²) in [5.41, 5.74) is -0.554. The van der Waals surface area contributed by atoms with Gasteiger partial charge in [-0.25, -0.2) is 9.18 Å². The van der Waals surface area contributed by atoms with E-state index in [0.717, 1.165) is 6.07 Å². The third-order valence-corrected chi connectivity index (χ3v) is 2.80. The van der Waals surface area contributed by atoms with E-state index in [0.29, 0.717) is 4.90 Å². The van der Waals surface area contributed by atoms with Crippen molar-refractivity contribution < 1.29 is 24.2 Å². The van der Waals surface area contributed by atoms with E-state index >= 15 is 0 Å². The SMILES string of the molecule is CSc1ccc(F)c(C(=O)O)c1CC(=O)O. The number of carboxylic acids is 2. The van der Waals surface area contributed by atoms with Crippen LogP contribution in [0.25, 0.3) is 0 Å². The molecule has 86 valence electrons. The highest BCUT2D eigenvalue weighted by Crippen LogP contribution is 2.26. The molecule has 0 spiro atoms. The predicted molar refractivity (Wildman–Crippen MR) is 56.5 cm³/mol. The molecule has 2 N–H and O–H groups in total. The van der Waals surface area contributed by atoms with Gasteiger partial charge in [0.2, 0.25) is 0 Å². The van der Waals surface area contributed by atoms with Crippen LogP contribution >= 0.6 is 11.8 Å². The Bertz CT molecular complexity index is 445. The van der Waals surface area contributed by atoms with Crippen LogP contribution in [0.3, 0.4) is 0 Å². The largest absolute Gasteiger partial charge is 0.481 e. The lowest BCUT2D eigenvalue weighted by molar-refractivity contribution is -0.136. The van der Waals surface area contributed by atoms with Crippen LogP contribution in [0.15, 0.2) is 17.0 Å². The molecule has 0 atom stereocenters. The molecule has 0 radical (unpaired) electrons. The molecule has 0 fully saturated rings. The zero-order valence-electron chi connectivity index (χ0n) is 8.36. The highest BCUT2D eigenvalue weighted by molar-refractivity contribution is 7.98. The van der Waals surface area contributed by atoms with Gasteiger partial charge in [-0.1, -0.05) is 0 Å². The van der Waals surface area contributed by atoms with Gasteiger partial charge < -0.3 is 10.2 Å². The second-order valence-electron chi connectivity index (χ2n) is 2.98. The second kappa shape index (κ2) is 4.98. The van der Waals surface area contributed by atoms with Crippen LogP contribution < -0.4 is 0 Å². The lowest BCUT2D eigenvalue weighted by Gasteiger charge is -2.09. The van der Waals surface area contributed by atoms with Crippen LogP contribution in [0, 0.1) is 5.82 Å². The fraction of sp³-hybridized carbons (Fsp3) is 0.200. The number of halogens is 1. The average Bonchev–Trinajstić information content (AvgIpc) is 2.16. The van der Waals surface area contributed by atoms with Gasteiger partial charge in [0.05, 0.1) is 6.42 Å². The van der Waals surface area contributed by atoms with Gasteiger partial charge in [-0.3, -0.25) is 4.79 Å². The van der Waals surface area contributed by atoms with Gasteiger partial charge in [-0.05, 0) is 24.0 Å². The molecule has 0 saturated heterocycles. The average molecular weight is 244 g/mol. The Morgan fingerprint density at radius 1 is 1.38 bits per heavy atom. The van der Waals surface area contributed by atoms with E-state index in [1.807, 2.05) is 0 Å². The van der Waals surface area contributed by atoms with E-state index in [1.54, 1.807) is 6.26 Å². The minimum Gasteiger partial charge on any atom is -0.481 e. The van der Waals surface area contributed by atoms with Gasteiger partial charge in [0.15, 0.2) is 0 Å². The number of aromatic carboxylic acids is 1. The molecule has 4 nitrogen and oxygen atoms in total. The minimum atomic E-state index is -1.45. The van der Waals surface area contributed by atoms with Gasteiger partial charge in [0.1, 0.15) is 11.4 Å². The molecular formula is C10H9FO4S. The first kappa shape index (κ1) is 12.5. The number of hydrogen-bond acceptors (Lipinski definition) is 3. The fourth-order valence-electron chi connectivity index (χ4n) is 1.35. The lowest BCUT2D eigenvalue weighted by atomic mass is 10.0. The zero-order valence-corrected chi connectivity index (χ0v) is 9.18. The van der Waals surface area contributed by atoms with Crippen LogP contribution in [0.2, 0.25) is 0 Å². The van der Waals surface area contributed by atoms with E-state index in [2.05, 4.69) is 0 Å². The summed E-state index contributed by atoms with van der Waals surface area (Å²) in [5.74, 6) is -3.56. The van der Waals surface area contributed by atoms with Crippen LogP contribution in [0.4, 0.5) is 4.39 Å². The quantitative estimate of drug-likeness (QED) is 0.791. The Morgan fingerprint density at radius 3 is 2.44 bits per heavy atom. The summed E-state index contributed by atoms with van der Waals surface area (Å²) in [6.07, 6.45) is 1.17. The van der Waals surface area contributed by atoms with Gasteiger partial charge >= 0.3 is 11.9 Å². The Balaban J connectivity index is 3.42. The zero-order chi connectivity index (χ0) is 12.3. The monoisotopic (exact) mass is 244 g/mol. The second-order valence-corrected chi connectivity index (χ2v) is 3.83. The summed E-state index contributed by atoms with van der Waals surface area (Å²) in [6.45, 7) is 0. The van der Waals surface area contributed by atoms with E-state index in [-0.39, 0.29) is 5.56 Å². The fourth-order valence-corrected chi connectivity index (χ4v) is 1.97. The molecule has 0 saturated carbocycles. The first-order valence-electron chi connectivity index (χ1n) is 4.27. The minimum absolute atomic E-state index is 0.00694. The number of hydrogen-bond donors (Lipinski definition) is 2. The summed E-state index contributed by atoms with van der Waals surface area (Å²) in [4.78, 5) is 21.9. The van der Waals surface area contributed by atoms with Gasteiger partial charge in [0.25, 0.3) is 0 Å². The number of carboxylic acid groups (broad SMARTS) is 2. The van der Waals surface area contributed by atoms with Crippen LogP contribution in [-0.4, -0.2) is 28.4 Å². The molecule has 0 bridgehead atoms. The van der Waals surface area contributed by atoms with Crippen LogP contribution in [0.1, 0.15) is 15.9 Å². The van der Waals surface area contributed by atoms with Crippen LogP contribution in [0.5, 0.6) is 0 Å². The van der Waals surface area contributed by atoms with Crippen molar-refractivity contribution in [2.45, 2.75) is 11.3 Å². The Kier molecular flexibility index (Phi) is 3.89. The molecule has 1 rings (SSSR count). The molecule has 0 aliphatic heterocycles. The third-order valence-electron chi connectivity index (χ3n) is 1.98. The van der Waals surface area contributed by atoms with E-state index in [1.165, 1.54) is 17.8 Å². The van der Waals surface area contributed by atoms with Gasteiger partial charge in [-0.15, -0.1) is 11.8 Å². The number of thioether (sulfide) groups is 1.